The van der Waals surface area contributed by atoms with Gasteiger partial charge in [-0.15, -0.1) is 0 Å². The zero-order chi connectivity index (χ0) is 15.7. The van der Waals surface area contributed by atoms with Gasteiger partial charge in [-0.2, -0.15) is 4.98 Å². The Hall–Kier alpha value is -1.44. The number of amides is 1. The van der Waals surface area contributed by atoms with Crippen LogP contribution in [-0.4, -0.2) is 47.4 Å². The molecule has 0 unspecified atom stereocenters. The third-order valence-corrected chi connectivity index (χ3v) is 6.28. The van der Waals surface area contributed by atoms with Gasteiger partial charge in [0.05, 0.1) is 17.5 Å². The Morgan fingerprint density at radius 1 is 1.41 bits per heavy atom. The summed E-state index contributed by atoms with van der Waals surface area (Å²) in [6.07, 6.45) is 3.31. The molecule has 1 aromatic heterocycles. The van der Waals surface area contributed by atoms with Crippen molar-refractivity contribution >= 4 is 15.7 Å². The van der Waals surface area contributed by atoms with Crippen LogP contribution in [0, 0.1) is 5.92 Å². The van der Waals surface area contributed by atoms with Crippen molar-refractivity contribution < 1.29 is 17.7 Å². The Morgan fingerprint density at radius 3 is 2.86 bits per heavy atom. The van der Waals surface area contributed by atoms with Gasteiger partial charge in [0.15, 0.2) is 15.7 Å². The van der Waals surface area contributed by atoms with Crippen molar-refractivity contribution in [2.75, 3.05) is 18.1 Å². The number of likely N-dealkylation sites (tertiary alicyclic amines) is 1. The number of carbonyl (C=O) groups excluding carboxylic acids is 1. The van der Waals surface area contributed by atoms with E-state index in [1.165, 1.54) is 0 Å². The van der Waals surface area contributed by atoms with Crippen molar-refractivity contribution in [1.29, 1.82) is 0 Å². The molecule has 122 valence electrons. The maximum Gasteiger partial charge on any atom is 0.226 e. The fraction of sp³-hybridized carbons (Fsp3) is 0.786. The Morgan fingerprint density at radius 2 is 2.23 bits per heavy atom. The monoisotopic (exact) mass is 327 g/mol. The maximum atomic E-state index is 12.5. The van der Waals surface area contributed by atoms with Gasteiger partial charge < -0.3 is 9.42 Å². The van der Waals surface area contributed by atoms with Gasteiger partial charge in [0.1, 0.15) is 0 Å². The molecule has 0 radical (unpaired) electrons. The summed E-state index contributed by atoms with van der Waals surface area (Å²) in [6.45, 7) is 2.62. The minimum Gasteiger partial charge on any atom is -0.339 e. The molecule has 8 heteroatoms. The first-order valence-electron chi connectivity index (χ1n) is 7.81. The van der Waals surface area contributed by atoms with Gasteiger partial charge in [-0.05, 0) is 25.2 Å². The molecule has 0 N–H and O–H groups in total. The number of carbonyl (C=O) groups is 1. The van der Waals surface area contributed by atoms with Crippen molar-refractivity contribution in [2.24, 2.45) is 5.92 Å². The van der Waals surface area contributed by atoms with Crippen LogP contribution in [0.5, 0.6) is 0 Å². The summed E-state index contributed by atoms with van der Waals surface area (Å²) < 4.78 is 28.2. The molecule has 0 aromatic carbocycles. The molecule has 2 aliphatic heterocycles. The topological polar surface area (TPSA) is 93.4 Å². The number of aromatic nitrogens is 2. The van der Waals surface area contributed by atoms with E-state index in [0.717, 1.165) is 12.8 Å². The normalized spacial score (nSPS) is 27.4. The lowest BCUT2D eigenvalue weighted by Crippen LogP contribution is -2.32. The lowest BCUT2D eigenvalue weighted by Gasteiger charge is -2.23. The quantitative estimate of drug-likeness (QED) is 0.822. The molecule has 0 bridgehead atoms. The molecule has 1 amide bonds. The van der Waals surface area contributed by atoms with Crippen LogP contribution in [0.25, 0.3) is 0 Å². The predicted molar refractivity (Wildman–Crippen MR) is 78.7 cm³/mol. The van der Waals surface area contributed by atoms with Crippen molar-refractivity contribution in [3.8, 4) is 0 Å². The minimum absolute atomic E-state index is 0.00690. The van der Waals surface area contributed by atoms with Gasteiger partial charge in [0.2, 0.25) is 11.8 Å². The second kappa shape index (κ2) is 5.98. The Balaban J connectivity index is 1.66. The third-order valence-electron chi connectivity index (χ3n) is 4.45. The predicted octanol–water partition coefficient (Wildman–Crippen LogP) is 1.12. The van der Waals surface area contributed by atoms with E-state index in [2.05, 4.69) is 10.1 Å². The van der Waals surface area contributed by atoms with Crippen molar-refractivity contribution in [2.45, 2.75) is 45.1 Å². The van der Waals surface area contributed by atoms with E-state index in [0.29, 0.717) is 37.5 Å². The van der Waals surface area contributed by atoms with Crippen LogP contribution in [0.3, 0.4) is 0 Å². The van der Waals surface area contributed by atoms with Gasteiger partial charge >= 0.3 is 0 Å². The van der Waals surface area contributed by atoms with Crippen LogP contribution in [0.15, 0.2) is 4.52 Å². The first kappa shape index (κ1) is 15.5. The van der Waals surface area contributed by atoms with E-state index in [1.54, 1.807) is 4.90 Å². The molecule has 2 atom stereocenters. The van der Waals surface area contributed by atoms with Crippen LogP contribution in [-0.2, 0) is 21.1 Å². The highest BCUT2D eigenvalue weighted by atomic mass is 32.2. The van der Waals surface area contributed by atoms with E-state index in [9.17, 15) is 13.2 Å². The molecule has 2 fully saturated rings. The lowest BCUT2D eigenvalue weighted by atomic mass is 10.0. The van der Waals surface area contributed by atoms with Crippen LogP contribution in [0.2, 0.25) is 0 Å². The van der Waals surface area contributed by atoms with E-state index in [-0.39, 0.29) is 29.4 Å². The maximum absolute atomic E-state index is 12.5. The number of hydrogen-bond donors (Lipinski definition) is 0. The summed E-state index contributed by atoms with van der Waals surface area (Å²) >= 11 is 0. The van der Waals surface area contributed by atoms with E-state index >= 15 is 0 Å². The SMILES string of the molecule is CCc1nc([C@@H]2CCCN2C(=O)C[C@@H]2CCS(=O)(=O)C2)no1. The van der Waals surface area contributed by atoms with Gasteiger partial charge in [-0.1, -0.05) is 12.1 Å². The average Bonchev–Trinajstić information content (AvgIpc) is 3.17. The molecule has 7 nitrogen and oxygen atoms in total. The molecule has 22 heavy (non-hydrogen) atoms. The zero-order valence-electron chi connectivity index (χ0n) is 12.7. The summed E-state index contributed by atoms with van der Waals surface area (Å²) in [5.74, 6) is 1.46. The molecule has 1 aromatic rings. The summed E-state index contributed by atoms with van der Waals surface area (Å²) in [4.78, 5) is 18.6. The highest BCUT2D eigenvalue weighted by Gasteiger charge is 2.36. The van der Waals surface area contributed by atoms with Gasteiger partial charge in [-0.3, -0.25) is 4.79 Å². The Labute approximate surface area is 130 Å². The molecular weight excluding hydrogens is 306 g/mol. The van der Waals surface area contributed by atoms with E-state index in [4.69, 9.17) is 4.52 Å². The molecular formula is C14H21N3O4S. The Bertz CT molecular complexity index is 655. The fourth-order valence-corrected chi connectivity index (χ4v) is 5.14. The van der Waals surface area contributed by atoms with Crippen LogP contribution < -0.4 is 0 Å². The van der Waals surface area contributed by atoms with E-state index < -0.39 is 9.84 Å². The third kappa shape index (κ3) is 3.16. The van der Waals surface area contributed by atoms with Gasteiger partial charge in [0.25, 0.3) is 0 Å². The van der Waals surface area contributed by atoms with Crippen LogP contribution >= 0.6 is 0 Å². The Kier molecular flexibility index (Phi) is 4.20. The molecule has 2 aliphatic rings. The molecule has 3 rings (SSSR count). The zero-order valence-corrected chi connectivity index (χ0v) is 13.5. The first-order chi connectivity index (χ1) is 10.5. The summed E-state index contributed by atoms with van der Waals surface area (Å²) in [6, 6.07) is -0.130. The minimum atomic E-state index is -2.94. The molecule has 0 spiro atoms. The van der Waals surface area contributed by atoms with Gasteiger partial charge in [0, 0.05) is 19.4 Å². The number of sulfone groups is 1. The molecule has 0 saturated carbocycles. The summed E-state index contributed by atoms with van der Waals surface area (Å²) in [5, 5.41) is 3.98. The standard InChI is InChI=1S/C14H21N3O4S/c1-2-12-15-14(16-21-12)11-4-3-6-17(11)13(18)8-10-5-7-22(19,20)9-10/h10-11H,2-9H2,1H3/t10-,11-/m0/s1. The van der Waals surface area contributed by atoms with Crippen LogP contribution in [0.1, 0.15) is 50.4 Å². The largest absolute Gasteiger partial charge is 0.339 e. The highest BCUT2D eigenvalue weighted by molar-refractivity contribution is 7.91. The first-order valence-corrected chi connectivity index (χ1v) is 9.63. The molecule has 3 heterocycles. The average molecular weight is 327 g/mol. The lowest BCUT2D eigenvalue weighted by molar-refractivity contribution is -0.133. The summed E-state index contributed by atoms with van der Waals surface area (Å²) in [7, 11) is -2.94. The molecule has 0 aliphatic carbocycles. The van der Waals surface area contributed by atoms with Gasteiger partial charge in [-0.25, -0.2) is 8.42 Å². The highest BCUT2D eigenvalue weighted by Crippen LogP contribution is 2.32. The number of hydrogen-bond acceptors (Lipinski definition) is 6. The number of aryl methyl sites for hydroxylation is 1. The second-order valence-corrected chi connectivity index (χ2v) is 8.35. The van der Waals surface area contributed by atoms with Crippen molar-refractivity contribution in [3.05, 3.63) is 11.7 Å². The van der Waals surface area contributed by atoms with Crippen molar-refractivity contribution in [1.82, 2.24) is 15.0 Å². The smallest absolute Gasteiger partial charge is 0.226 e. The van der Waals surface area contributed by atoms with E-state index in [1.807, 2.05) is 6.92 Å². The second-order valence-electron chi connectivity index (χ2n) is 6.12. The number of nitrogens with zero attached hydrogens (tertiary/aromatic N) is 3. The fourth-order valence-electron chi connectivity index (χ4n) is 3.28. The van der Waals surface area contributed by atoms with Crippen LogP contribution in [0.4, 0.5) is 0 Å². The van der Waals surface area contributed by atoms with Crippen molar-refractivity contribution in [3.63, 3.8) is 0 Å². The number of rotatable bonds is 4. The summed E-state index contributed by atoms with van der Waals surface area (Å²) in [5.41, 5.74) is 0. The molecule has 2 saturated heterocycles.